The number of hydrogen-bond donors (Lipinski definition) is 1. The first-order chi connectivity index (χ1) is 10.6. The molecule has 0 aliphatic carbocycles. The zero-order chi connectivity index (χ0) is 15.9. The van der Waals surface area contributed by atoms with E-state index >= 15 is 0 Å². The largest absolute Gasteiger partial charge is 0.497 e. The smallest absolute Gasteiger partial charge is 0.234 e. The van der Waals surface area contributed by atoms with E-state index in [1.165, 1.54) is 0 Å². The quantitative estimate of drug-likeness (QED) is 0.843. The highest BCUT2D eigenvalue weighted by Gasteiger charge is 2.07. The average Bonchev–Trinajstić information content (AvgIpc) is 2.52. The van der Waals surface area contributed by atoms with E-state index in [1.807, 2.05) is 49.4 Å². The summed E-state index contributed by atoms with van der Waals surface area (Å²) in [5, 5.41) is 3.55. The highest BCUT2D eigenvalue weighted by molar-refractivity contribution is 7.99. The third-order valence-corrected chi connectivity index (χ3v) is 4.62. The molecule has 2 aromatic rings. The number of ether oxygens (including phenoxy) is 1. The Labute approximate surface area is 140 Å². The summed E-state index contributed by atoms with van der Waals surface area (Å²) < 4.78 is 5.12. The number of hydrogen-bond acceptors (Lipinski definition) is 3. The van der Waals surface area contributed by atoms with E-state index in [0.29, 0.717) is 10.8 Å². The van der Waals surface area contributed by atoms with E-state index in [9.17, 15) is 4.79 Å². The maximum atomic E-state index is 12.0. The van der Waals surface area contributed by atoms with Crippen LogP contribution in [0.4, 0.5) is 5.69 Å². The lowest BCUT2D eigenvalue weighted by molar-refractivity contribution is -0.113. The lowest BCUT2D eigenvalue weighted by Gasteiger charge is -2.09. The van der Waals surface area contributed by atoms with Crippen molar-refractivity contribution in [3.05, 3.63) is 58.6 Å². The molecule has 0 unspecified atom stereocenters. The second-order valence-corrected chi connectivity index (χ2v) is 6.19. The summed E-state index contributed by atoms with van der Waals surface area (Å²) in [5.74, 6) is 2.00. The van der Waals surface area contributed by atoms with Crippen molar-refractivity contribution in [1.82, 2.24) is 0 Å². The van der Waals surface area contributed by atoms with Crippen molar-refractivity contribution in [2.45, 2.75) is 12.7 Å². The fraction of sp³-hybridized carbons (Fsp3) is 0.235. The van der Waals surface area contributed by atoms with Crippen LogP contribution in [0.3, 0.4) is 0 Å². The van der Waals surface area contributed by atoms with Crippen molar-refractivity contribution in [3.63, 3.8) is 0 Å². The molecule has 0 atom stereocenters. The van der Waals surface area contributed by atoms with Gasteiger partial charge in [-0.15, -0.1) is 11.8 Å². The molecule has 22 heavy (non-hydrogen) atoms. The molecule has 5 heteroatoms. The van der Waals surface area contributed by atoms with Gasteiger partial charge in [-0.3, -0.25) is 4.79 Å². The molecule has 116 valence electrons. The third-order valence-electron chi connectivity index (χ3n) is 3.20. The maximum Gasteiger partial charge on any atom is 0.234 e. The van der Waals surface area contributed by atoms with Gasteiger partial charge in [0, 0.05) is 16.5 Å². The Kier molecular flexibility index (Phi) is 6.16. The minimum atomic E-state index is -0.0242. The summed E-state index contributed by atoms with van der Waals surface area (Å²) in [5.41, 5.74) is 2.82. The van der Waals surface area contributed by atoms with Gasteiger partial charge in [0.2, 0.25) is 5.91 Å². The number of thioether (sulfide) groups is 1. The molecule has 0 aromatic heterocycles. The van der Waals surface area contributed by atoms with E-state index in [-0.39, 0.29) is 5.91 Å². The van der Waals surface area contributed by atoms with Crippen molar-refractivity contribution >= 4 is 35.0 Å². The molecule has 0 bridgehead atoms. The number of nitrogens with one attached hydrogen (secondary N) is 1. The lowest BCUT2D eigenvalue weighted by Crippen LogP contribution is -2.15. The van der Waals surface area contributed by atoms with Crippen LogP contribution < -0.4 is 10.1 Å². The lowest BCUT2D eigenvalue weighted by atomic mass is 10.2. The van der Waals surface area contributed by atoms with Crippen molar-refractivity contribution in [1.29, 1.82) is 0 Å². The Bertz CT molecular complexity index is 644. The minimum Gasteiger partial charge on any atom is -0.497 e. The van der Waals surface area contributed by atoms with Gasteiger partial charge < -0.3 is 10.1 Å². The zero-order valence-corrected chi connectivity index (χ0v) is 14.1. The summed E-state index contributed by atoms with van der Waals surface area (Å²) in [6.45, 7) is 1.89. The molecule has 1 amide bonds. The first-order valence-corrected chi connectivity index (χ1v) is 8.39. The van der Waals surface area contributed by atoms with E-state index in [2.05, 4.69) is 5.32 Å². The number of halogens is 1. The standard InChI is InChI=1S/C17H18ClNO2S/c1-12-15(18)4-3-5-16(12)19-17(20)11-22-10-13-6-8-14(21-2)9-7-13/h3-9H,10-11H2,1-2H3,(H,19,20). The number of anilines is 1. The Hall–Kier alpha value is -1.65. The SMILES string of the molecule is COc1ccc(CSCC(=O)Nc2cccc(Cl)c2C)cc1. The summed E-state index contributed by atoms with van der Waals surface area (Å²) >= 11 is 7.61. The van der Waals surface area contributed by atoms with Gasteiger partial charge in [-0.2, -0.15) is 0 Å². The fourth-order valence-corrected chi connectivity index (χ4v) is 2.87. The molecular weight excluding hydrogens is 318 g/mol. The van der Waals surface area contributed by atoms with Crippen LogP contribution in [0.5, 0.6) is 5.75 Å². The van der Waals surface area contributed by atoms with Crippen LogP contribution in [-0.4, -0.2) is 18.8 Å². The van der Waals surface area contributed by atoms with E-state index in [1.54, 1.807) is 18.9 Å². The number of carbonyl (C=O) groups excluding carboxylic acids is 1. The van der Waals surface area contributed by atoms with Crippen LogP contribution in [0.25, 0.3) is 0 Å². The molecule has 0 heterocycles. The molecule has 0 radical (unpaired) electrons. The number of amides is 1. The van der Waals surface area contributed by atoms with E-state index in [0.717, 1.165) is 28.3 Å². The number of carbonyl (C=O) groups is 1. The Morgan fingerprint density at radius 3 is 2.64 bits per heavy atom. The molecule has 0 saturated carbocycles. The van der Waals surface area contributed by atoms with Crippen LogP contribution >= 0.6 is 23.4 Å². The number of rotatable bonds is 6. The topological polar surface area (TPSA) is 38.3 Å². The van der Waals surface area contributed by atoms with E-state index < -0.39 is 0 Å². The Morgan fingerprint density at radius 1 is 1.23 bits per heavy atom. The van der Waals surface area contributed by atoms with Crippen molar-refractivity contribution in [2.75, 3.05) is 18.2 Å². The van der Waals surface area contributed by atoms with Crippen LogP contribution in [-0.2, 0) is 10.5 Å². The molecule has 0 spiro atoms. The molecule has 0 saturated heterocycles. The summed E-state index contributed by atoms with van der Waals surface area (Å²) in [6, 6.07) is 13.3. The molecule has 2 rings (SSSR count). The van der Waals surface area contributed by atoms with Crippen molar-refractivity contribution in [2.24, 2.45) is 0 Å². The van der Waals surface area contributed by atoms with Gasteiger partial charge in [-0.25, -0.2) is 0 Å². The molecule has 0 aliphatic heterocycles. The molecule has 1 N–H and O–H groups in total. The molecular formula is C17H18ClNO2S. The summed E-state index contributed by atoms with van der Waals surface area (Å²) in [6.07, 6.45) is 0. The average molecular weight is 336 g/mol. The second-order valence-electron chi connectivity index (χ2n) is 4.80. The van der Waals surface area contributed by atoms with Crippen LogP contribution in [0.1, 0.15) is 11.1 Å². The second kappa shape index (κ2) is 8.11. The third kappa shape index (κ3) is 4.68. The molecule has 2 aromatic carbocycles. The Balaban J connectivity index is 1.81. The summed E-state index contributed by atoms with van der Waals surface area (Å²) in [4.78, 5) is 12.0. The van der Waals surface area contributed by atoms with Gasteiger partial charge in [0.15, 0.2) is 0 Å². The van der Waals surface area contributed by atoms with Gasteiger partial charge in [-0.05, 0) is 42.3 Å². The van der Waals surface area contributed by atoms with Crippen molar-refractivity contribution < 1.29 is 9.53 Å². The van der Waals surface area contributed by atoms with Crippen LogP contribution in [0.2, 0.25) is 5.02 Å². The summed E-state index contributed by atoms with van der Waals surface area (Å²) in [7, 11) is 1.64. The first-order valence-electron chi connectivity index (χ1n) is 6.86. The monoisotopic (exact) mass is 335 g/mol. The Morgan fingerprint density at radius 2 is 1.95 bits per heavy atom. The predicted octanol–water partition coefficient (Wildman–Crippen LogP) is 4.53. The van der Waals surface area contributed by atoms with Gasteiger partial charge >= 0.3 is 0 Å². The minimum absolute atomic E-state index is 0.0242. The van der Waals surface area contributed by atoms with Gasteiger partial charge in [-0.1, -0.05) is 29.8 Å². The zero-order valence-electron chi connectivity index (χ0n) is 12.6. The maximum absolute atomic E-state index is 12.0. The van der Waals surface area contributed by atoms with Gasteiger partial charge in [0.1, 0.15) is 5.75 Å². The molecule has 0 fully saturated rings. The highest BCUT2D eigenvalue weighted by atomic mass is 35.5. The van der Waals surface area contributed by atoms with Gasteiger partial charge in [0.05, 0.1) is 12.9 Å². The number of benzene rings is 2. The van der Waals surface area contributed by atoms with Crippen LogP contribution in [0, 0.1) is 6.92 Å². The van der Waals surface area contributed by atoms with Crippen molar-refractivity contribution in [3.8, 4) is 5.75 Å². The fourth-order valence-electron chi connectivity index (χ4n) is 1.91. The molecule has 3 nitrogen and oxygen atoms in total. The molecule has 0 aliphatic rings. The first kappa shape index (κ1) is 16.7. The predicted molar refractivity (Wildman–Crippen MR) is 94.0 cm³/mol. The van der Waals surface area contributed by atoms with Crippen LogP contribution in [0.15, 0.2) is 42.5 Å². The number of methoxy groups -OCH3 is 1. The van der Waals surface area contributed by atoms with E-state index in [4.69, 9.17) is 16.3 Å². The normalized spacial score (nSPS) is 10.3. The van der Waals surface area contributed by atoms with Gasteiger partial charge in [0.25, 0.3) is 0 Å². The highest BCUT2D eigenvalue weighted by Crippen LogP contribution is 2.23.